The Morgan fingerprint density at radius 2 is 1.62 bits per heavy atom. The zero-order valence-electron chi connectivity index (χ0n) is 13.0. The first kappa shape index (κ1) is 16.4. The third-order valence-corrected chi connectivity index (χ3v) is 4.99. The fourth-order valence-corrected chi connectivity index (χ4v) is 3.37. The molecule has 2 aromatic rings. The Morgan fingerprint density at radius 3 is 2.17 bits per heavy atom. The lowest BCUT2D eigenvalue weighted by atomic mass is 9.93. The van der Waals surface area contributed by atoms with E-state index in [4.69, 9.17) is 4.74 Å². The molecule has 3 rings (SSSR count). The zero-order chi connectivity index (χ0) is 17.3. The zero-order valence-corrected chi connectivity index (χ0v) is 13.8. The molecule has 124 valence electrons. The number of cyclic esters (lactones) is 1. The Hall–Kier alpha value is -2.44. The van der Waals surface area contributed by atoms with Gasteiger partial charge in [0.2, 0.25) is 0 Å². The molecule has 1 atom stereocenters. The van der Waals surface area contributed by atoms with E-state index in [1.165, 1.54) is 12.1 Å². The van der Waals surface area contributed by atoms with Crippen LogP contribution in [-0.4, -0.2) is 38.5 Å². The van der Waals surface area contributed by atoms with Crippen LogP contribution in [0.1, 0.15) is 11.1 Å². The fraction of sp³-hybridized carbons (Fsp3) is 0.167. The Morgan fingerprint density at radius 1 is 1.00 bits per heavy atom. The number of aliphatic hydroxyl groups is 1. The van der Waals surface area contributed by atoms with Crippen molar-refractivity contribution >= 4 is 27.0 Å². The number of carbonyl (C=O) groups is 1. The first-order valence-corrected chi connectivity index (χ1v) is 9.23. The maximum Gasteiger partial charge on any atom is 0.339 e. The van der Waals surface area contributed by atoms with Gasteiger partial charge in [0.05, 0.1) is 17.1 Å². The average Bonchev–Trinajstić information content (AvgIpc) is 2.91. The second-order valence-corrected chi connectivity index (χ2v) is 7.54. The van der Waals surface area contributed by atoms with Crippen molar-refractivity contribution in [1.82, 2.24) is 0 Å². The number of aliphatic hydroxyl groups excluding tert-OH is 1. The van der Waals surface area contributed by atoms with Crippen molar-refractivity contribution in [2.24, 2.45) is 0 Å². The standard InChI is InChI=1S/C18H16O5S/c1-24(21,22)14-9-7-13(8-10-14)16-15(11-19)23-18(20)17(16)12-5-3-2-4-6-12/h2-10,15,19H,11H2,1H3. The van der Waals surface area contributed by atoms with Crippen LogP contribution in [0.5, 0.6) is 0 Å². The molecule has 0 radical (unpaired) electrons. The highest BCUT2D eigenvalue weighted by Crippen LogP contribution is 2.37. The van der Waals surface area contributed by atoms with Gasteiger partial charge in [-0.05, 0) is 23.3 Å². The van der Waals surface area contributed by atoms with Crippen molar-refractivity contribution in [2.75, 3.05) is 12.9 Å². The number of carbonyl (C=O) groups excluding carboxylic acids is 1. The van der Waals surface area contributed by atoms with E-state index in [2.05, 4.69) is 0 Å². The van der Waals surface area contributed by atoms with E-state index in [1.54, 1.807) is 24.3 Å². The predicted octanol–water partition coefficient (Wildman–Crippen LogP) is 1.92. The van der Waals surface area contributed by atoms with Crippen molar-refractivity contribution < 1.29 is 23.1 Å². The highest BCUT2D eigenvalue weighted by molar-refractivity contribution is 7.90. The Bertz CT molecular complexity index is 896. The normalized spacial score (nSPS) is 17.9. The monoisotopic (exact) mass is 344 g/mol. The van der Waals surface area contributed by atoms with Crippen molar-refractivity contribution in [3.8, 4) is 0 Å². The molecule has 0 saturated carbocycles. The van der Waals surface area contributed by atoms with E-state index in [0.717, 1.165) is 6.26 Å². The molecular formula is C18H16O5S. The van der Waals surface area contributed by atoms with Crippen LogP contribution < -0.4 is 0 Å². The van der Waals surface area contributed by atoms with Gasteiger partial charge in [0.25, 0.3) is 0 Å². The van der Waals surface area contributed by atoms with Gasteiger partial charge >= 0.3 is 5.97 Å². The molecular weight excluding hydrogens is 328 g/mol. The molecule has 1 unspecified atom stereocenters. The van der Waals surface area contributed by atoms with Crippen molar-refractivity contribution in [3.05, 3.63) is 65.7 Å². The number of esters is 1. The molecule has 6 heteroatoms. The van der Waals surface area contributed by atoms with E-state index < -0.39 is 21.9 Å². The van der Waals surface area contributed by atoms with Crippen LogP contribution in [-0.2, 0) is 19.4 Å². The summed E-state index contributed by atoms with van der Waals surface area (Å²) in [5, 5.41) is 9.56. The molecule has 24 heavy (non-hydrogen) atoms. The van der Waals surface area contributed by atoms with E-state index in [9.17, 15) is 18.3 Å². The van der Waals surface area contributed by atoms with E-state index in [0.29, 0.717) is 22.3 Å². The summed E-state index contributed by atoms with van der Waals surface area (Å²) in [6.45, 7) is -0.342. The second kappa shape index (κ2) is 6.22. The number of benzene rings is 2. The molecule has 0 amide bonds. The molecule has 0 saturated heterocycles. The van der Waals surface area contributed by atoms with E-state index in [1.807, 2.05) is 18.2 Å². The first-order valence-electron chi connectivity index (χ1n) is 7.33. The molecule has 0 fully saturated rings. The lowest BCUT2D eigenvalue weighted by Gasteiger charge is -2.12. The SMILES string of the molecule is CS(=O)(=O)c1ccc(C2=C(c3ccccc3)C(=O)OC2CO)cc1. The maximum absolute atomic E-state index is 12.3. The molecule has 0 spiro atoms. The Balaban J connectivity index is 2.16. The van der Waals surface area contributed by atoms with Gasteiger partial charge in [-0.25, -0.2) is 13.2 Å². The minimum Gasteiger partial charge on any atom is -0.451 e. The lowest BCUT2D eigenvalue weighted by Crippen LogP contribution is -2.15. The smallest absolute Gasteiger partial charge is 0.339 e. The molecule has 5 nitrogen and oxygen atoms in total. The fourth-order valence-electron chi connectivity index (χ4n) is 2.74. The third-order valence-electron chi connectivity index (χ3n) is 3.87. The van der Waals surface area contributed by atoms with Gasteiger partial charge in [-0.3, -0.25) is 0 Å². The largest absolute Gasteiger partial charge is 0.451 e. The molecule has 0 bridgehead atoms. The van der Waals surface area contributed by atoms with Crippen LogP contribution in [0, 0.1) is 0 Å². The van der Waals surface area contributed by atoms with Crippen molar-refractivity contribution in [3.63, 3.8) is 0 Å². The minimum absolute atomic E-state index is 0.193. The molecule has 1 aliphatic rings. The lowest BCUT2D eigenvalue weighted by molar-refractivity contribution is -0.138. The number of ether oxygens (including phenoxy) is 1. The number of sulfone groups is 1. The summed E-state index contributed by atoms with van der Waals surface area (Å²) in [6, 6.07) is 15.3. The molecule has 0 aliphatic carbocycles. The second-order valence-electron chi connectivity index (χ2n) is 5.53. The summed E-state index contributed by atoms with van der Waals surface area (Å²) >= 11 is 0. The molecule has 0 aromatic heterocycles. The Kier molecular flexibility index (Phi) is 4.26. The summed E-state index contributed by atoms with van der Waals surface area (Å²) < 4.78 is 28.4. The third kappa shape index (κ3) is 2.98. The van der Waals surface area contributed by atoms with Crippen LogP contribution in [0.2, 0.25) is 0 Å². The number of hydrogen-bond acceptors (Lipinski definition) is 5. The summed E-state index contributed by atoms with van der Waals surface area (Å²) in [5.41, 5.74) is 2.29. The summed E-state index contributed by atoms with van der Waals surface area (Å²) in [6.07, 6.45) is 0.367. The van der Waals surface area contributed by atoms with Gasteiger partial charge in [0.15, 0.2) is 15.9 Å². The Labute approximate surface area is 140 Å². The number of hydrogen-bond donors (Lipinski definition) is 1. The van der Waals surface area contributed by atoms with Gasteiger partial charge in [-0.15, -0.1) is 0 Å². The van der Waals surface area contributed by atoms with Gasteiger partial charge in [0.1, 0.15) is 0 Å². The number of rotatable bonds is 4. The summed E-state index contributed by atoms with van der Waals surface area (Å²) in [7, 11) is -3.30. The topological polar surface area (TPSA) is 80.7 Å². The first-order chi connectivity index (χ1) is 11.4. The van der Waals surface area contributed by atoms with Gasteiger partial charge in [-0.1, -0.05) is 42.5 Å². The van der Waals surface area contributed by atoms with Crippen LogP contribution in [0.25, 0.3) is 11.1 Å². The highest BCUT2D eigenvalue weighted by atomic mass is 32.2. The van der Waals surface area contributed by atoms with E-state index >= 15 is 0 Å². The molecule has 2 aromatic carbocycles. The van der Waals surface area contributed by atoms with Crippen molar-refractivity contribution in [2.45, 2.75) is 11.0 Å². The van der Waals surface area contributed by atoms with Crippen LogP contribution >= 0.6 is 0 Å². The predicted molar refractivity (Wildman–Crippen MR) is 89.8 cm³/mol. The average molecular weight is 344 g/mol. The van der Waals surface area contributed by atoms with E-state index in [-0.39, 0.29) is 11.5 Å². The van der Waals surface area contributed by atoms with Crippen LogP contribution in [0.15, 0.2) is 59.5 Å². The van der Waals surface area contributed by atoms with Gasteiger partial charge in [-0.2, -0.15) is 0 Å². The molecule has 1 aliphatic heterocycles. The quantitative estimate of drug-likeness (QED) is 0.857. The highest BCUT2D eigenvalue weighted by Gasteiger charge is 2.35. The van der Waals surface area contributed by atoms with Crippen molar-refractivity contribution in [1.29, 1.82) is 0 Å². The minimum atomic E-state index is -3.30. The van der Waals surface area contributed by atoms with Crippen LogP contribution in [0.4, 0.5) is 0 Å². The molecule has 1 heterocycles. The van der Waals surface area contributed by atoms with Gasteiger partial charge in [0, 0.05) is 11.8 Å². The maximum atomic E-state index is 12.3. The van der Waals surface area contributed by atoms with Crippen LogP contribution in [0.3, 0.4) is 0 Å². The summed E-state index contributed by atoms with van der Waals surface area (Å²) in [4.78, 5) is 12.5. The summed E-state index contributed by atoms with van der Waals surface area (Å²) in [5.74, 6) is -0.498. The molecule has 1 N–H and O–H groups in total. The van der Waals surface area contributed by atoms with Gasteiger partial charge < -0.3 is 9.84 Å².